The van der Waals surface area contributed by atoms with Crippen LogP contribution in [0.4, 0.5) is 0 Å². The molecule has 1 atom stereocenters. The second-order valence-electron chi connectivity index (χ2n) is 4.96. The Morgan fingerprint density at radius 1 is 1.47 bits per heavy atom. The fourth-order valence-corrected chi connectivity index (χ4v) is 1.96. The summed E-state index contributed by atoms with van der Waals surface area (Å²) in [5, 5.41) is 0. The molecule has 1 unspecified atom stereocenters. The molecule has 0 aromatic carbocycles. The average molecular weight is 242 g/mol. The van der Waals surface area contributed by atoms with Crippen molar-refractivity contribution < 1.29 is 4.74 Å². The number of methoxy groups -OCH3 is 1. The Morgan fingerprint density at radius 2 is 2.12 bits per heavy atom. The lowest BCUT2D eigenvalue weighted by molar-refractivity contribution is 0.157. The molecule has 1 rings (SSSR count). The highest BCUT2D eigenvalue weighted by molar-refractivity contribution is 5.80. The lowest BCUT2D eigenvalue weighted by atomic mass is 10.2. The van der Waals surface area contributed by atoms with E-state index in [1.807, 2.05) is 13.8 Å². The van der Waals surface area contributed by atoms with Crippen LogP contribution in [0.15, 0.2) is 4.99 Å². The van der Waals surface area contributed by atoms with Crippen LogP contribution in [0.2, 0.25) is 0 Å². The Balaban J connectivity index is 2.70. The third kappa shape index (κ3) is 4.52. The highest BCUT2D eigenvalue weighted by Crippen LogP contribution is 2.35. The number of nitrogens with two attached hydrogens (primary N) is 1. The summed E-state index contributed by atoms with van der Waals surface area (Å²) in [5.41, 5.74) is 2.73. The molecule has 0 heterocycles. The van der Waals surface area contributed by atoms with E-state index in [0.717, 1.165) is 18.4 Å². The van der Waals surface area contributed by atoms with Gasteiger partial charge in [-0.25, -0.2) is 10.8 Å². The fraction of sp³-hybridized carbons (Fsp3) is 0.917. The van der Waals surface area contributed by atoms with E-state index >= 15 is 0 Å². The predicted molar refractivity (Wildman–Crippen MR) is 70.7 cm³/mol. The number of guanidine groups is 1. The number of hydrazine groups is 1. The molecule has 0 aromatic rings. The van der Waals surface area contributed by atoms with Crippen LogP contribution in [0.1, 0.15) is 33.6 Å². The summed E-state index contributed by atoms with van der Waals surface area (Å²) in [6.07, 6.45) is 2.62. The quantitative estimate of drug-likeness (QED) is 0.315. The third-order valence-electron chi connectivity index (χ3n) is 3.11. The van der Waals surface area contributed by atoms with E-state index in [4.69, 9.17) is 10.6 Å². The zero-order chi connectivity index (χ0) is 12.8. The van der Waals surface area contributed by atoms with Gasteiger partial charge < -0.3 is 9.64 Å². The van der Waals surface area contributed by atoms with Gasteiger partial charge in [-0.3, -0.25) is 5.43 Å². The Kier molecular flexibility index (Phi) is 5.71. The summed E-state index contributed by atoms with van der Waals surface area (Å²) in [4.78, 5) is 6.75. The molecular weight excluding hydrogens is 216 g/mol. The second-order valence-corrected chi connectivity index (χ2v) is 4.96. The number of ether oxygens (including phenoxy) is 1. The molecule has 0 amide bonds. The van der Waals surface area contributed by atoms with Crippen LogP contribution in [0, 0.1) is 5.92 Å². The molecular formula is C12H26N4O. The number of nitrogens with one attached hydrogen (secondary N) is 1. The maximum atomic E-state index is 5.59. The summed E-state index contributed by atoms with van der Waals surface area (Å²) in [5.74, 6) is 7.14. The maximum absolute atomic E-state index is 5.59. The van der Waals surface area contributed by atoms with E-state index in [2.05, 4.69) is 22.2 Å². The average Bonchev–Trinajstić information content (AvgIpc) is 3.10. The Bertz CT molecular complexity index is 251. The van der Waals surface area contributed by atoms with Crippen LogP contribution in [0.25, 0.3) is 0 Å². The van der Waals surface area contributed by atoms with Crippen LogP contribution in [0.5, 0.6) is 0 Å². The smallest absolute Gasteiger partial charge is 0.208 e. The van der Waals surface area contributed by atoms with Crippen molar-refractivity contribution in [1.29, 1.82) is 0 Å². The molecule has 1 aliphatic carbocycles. The van der Waals surface area contributed by atoms with Gasteiger partial charge in [0.2, 0.25) is 5.96 Å². The maximum Gasteiger partial charge on any atom is 0.208 e. The van der Waals surface area contributed by atoms with Gasteiger partial charge >= 0.3 is 0 Å². The minimum atomic E-state index is 0.234. The van der Waals surface area contributed by atoms with Crippen LogP contribution in [-0.4, -0.2) is 43.2 Å². The molecule has 1 saturated carbocycles. The predicted octanol–water partition coefficient (Wildman–Crippen LogP) is 0.961. The summed E-state index contributed by atoms with van der Waals surface area (Å²) in [6.45, 7) is 7.85. The van der Waals surface area contributed by atoms with Gasteiger partial charge in [-0.2, -0.15) is 0 Å². The fourth-order valence-electron chi connectivity index (χ4n) is 1.96. The second kappa shape index (κ2) is 6.81. The van der Waals surface area contributed by atoms with E-state index in [1.165, 1.54) is 12.8 Å². The topological polar surface area (TPSA) is 62.9 Å². The highest BCUT2D eigenvalue weighted by Gasteiger charge is 2.33. The summed E-state index contributed by atoms with van der Waals surface area (Å²) >= 11 is 0. The molecule has 1 aliphatic rings. The van der Waals surface area contributed by atoms with E-state index in [0.29, 0.717) is 12.6 Å². The van der Waals surface area contributed by atoms with Crippen molar-refractivity contribution in [3.8, 4) is 0 Å². The molecule has 0 bridgehead atoms. The molecule has 0 aliphatic heterocycles. The number of hydrogen-bond acceptors (Lipinski definition) is 3. The Hall–Kier alpha value is -0.810. The van der Waals surface area contributed by atoms with Crippen molar-refractivity contribution in [2.24, 2.45) is 16.8 Å². The summed E-state index contributed by atoms with van der Waals surface area (Å²) in [7, 11) is 1.72. The van der Waals surface area contributed by atoms with Gasteiger partial charge in [0.05, 0.1) is 6.61 Å². The largest absolute Gasteiger partial charge is 0.383 e. The van der Waals surface area contributed by atoms with Crippen LogP contribution in [-0.2, 0) is 4.74 Å². The minimum absolute atomic E-state index is 0.234. The normalized spacial score (nSPS) is 18.4. The SMILES string of the molecule is COCCN(C(=NC(C)C)NN)C(C)C1CC1. The van der Waals surface area contributed by atoms with Crippen molar-refractivity contribution in [3.63, 3.8) is 0 Å². The molecule has 0 aromatic heterocycles. The van der Waals surface area contributed by atoms with Gasteiger partial charge in [0.1, 0.15) is 0 Å². The molecule has 0 spiro atoms. The molecule has 1 fully saturated rings. The first-order chi connectivity index (χ1) is 8.10. The molecule has 0 radical (unpaired) electrons. The van der Waals surface area contributed by atoms with Gasteiger partial charge in [-0.05, 0) is 39.5 Å². The van der Waals surface area contributed by atoms with Gasteiger partial charge in [0.15, 0.2) is 0 Å². The van der Waals surface area contributed by atoms with Gasteiger partial charge in [0, 0.05) is 25.7 Å². The number of hydrogen-bond donors (Lipinski definition) is 2. The number of nitrogens with zero attached hydrogens (tertiary/aromatic N) is 2. The van der Waals surface area contributed by atoms with Crippen LogP contribution in [0.3, 0.4) is 0 Å². The van der Waals surface area contributed by atoms with E-state index in [1.54, 1.807) is 7.11 Å². The standard InChI is InChI=1S/C12H26N4O/c1-9(2)14-12(15-13)16(7-8-17-4)10(3)11-5-6-11/h9-11H,5-8,13H2,1-4H3,(H,14,15). The summed E-state index contributed by atoms with van der Waals surface area (Å²) in [6, 6.07) is 0.705. The van der Waals surface area contributed by atoms with Crippen molar-refractivity contribution in [3.05, 3.63) is 0 Å². The van der Waals surface area contributed by atoms with Crippen molar-refractivity contribution in [1.82, 2.24) is 10.3 Å². The molecule has 5 nitrogen and oxygen atoms in total. The molecule has 100 valence electrons. The van der Waals surface area contributed by atoms with Crippen LogP contribution < -0.4 is 11.3 Å². The van der Waals surface area contributed by atoms with E-state index in [-0.39, 0.29) is 6.04 Å². The molecule has 5 heteroatoms. The number of aliphatic imine (C=N–C) groups is 1. The van der Waals surface area contributed by atoms with Gasteiger partial charge in [-0.15, -0.1) is 0 Å². The van der Waals surface area contributed by atoms with Crippen molar-refractivity contribution in [2.45, 2.75) is 45.7 Å². The first-order valence-corrected chi connectivity index (χ1v) is 6.40. The molecule has 3 N–H and O–H groups in total. The van der Waals surface area contributed by atoms with Crippen LogP contribution >= 0.6 is 0 Å². The van der Waals surface area contributed by atoms with Gasteiger partial charge in [0.25, 0.3) is 0 Å². The molecule has 0 saturated heterocycles. The minimum Gasteiger partial charge on any atom is -0.383 e. The number of rotatable bonds is 6. The lowest BCUT2D eigenvalue weighted by Gasteiger charge is -2.32. The van der Waals surface area contributed by atoms with E-state index < -0.39 is 0 Å². The monoisotopic (exact) mass is 242 g/mol. The highest BCUT2D eigenvalue weighted by atomic mass is 16.5. The zero-order valence-corrected chi connectivity index (χ0v) is 11.4. The summed E-state index contributed by atoms with van der Waals surface area (Å²) < 4.78 is 5.16. The Labute approximate surface area is 104 Å². The first-order valence-electron chi connectivity index (χ1n) is 6.40. The zero-order valence-electron chi connectivity index (χ0n) is 11.4. The first kappa shape index (κ1) is 14.3. The lowest BCUT2D eigenvalue weighted by Crippen LogP contribution is -2.51. The van der Waals surface area contributed by atoms with Crippen molar-refractivity contribution >= 4 is 5.96 Å². The molecule has 17 heavy (non-hydrogen) atoms. The third-order valence-corrected chi connectivity index (χ3v) is 3.11. The Morgan fingerprint density at radius 3 is 2.53 bits per heavy atom. The van der Waals surface area contributed by atoms with Gasteiger partial charge in [-0.1, -0.05) is 0 Å². The van der Waals surface area contributed by atoms with E-state index in [9.17, 15) is 0 Å². The van der Waals surface area contributed by atoms with Crippen molar-refractivity contribution in [2.75, 3.05) is 20.3 Å².